The molecular formula is C21H26O7. The first kappa shape index (κ1) is 19.2. The second-order valence-corrected chi connectivity index (χ2v) is 8.71. The average molecular weight is 390 g/mol. The van der Waals surface area contributed by atoms with E-state index in [0.717, 1.165) is 5.56 Å². The molecule has 0 unspecified atom stereocenters. The standard InChI is InChI=1S/C21H26O7/c1-20-9-15(11-4-5-27-10-11)28-19(25)13(20)8-17(23)21(2)14(18(24)26-3)6-12(22)7-16(20)21/h4-6,10,12-13,15-17,22-23H,7-9H2,1-3H3/t12-,13+,15-,16-,17+,20-,21-/m0/s1. The number of cyclic esters (lactones) is 1. The SMILES string of the molecule is COC(=O)C1=C[C@H](O)C[C@H]2[C@@]3(C)C[C@@H](c4ccoc4)OC(=O)[C@H]3C[C@@H](O)[C@@]12C. The zero-order valence-electron chi connectivity index (χ0n) is 16.3. The molecule has 0 amide bonds. The van der Waals surface area contributed by atoms with E-state index in [1.807, 2.05) is 13.8 Å². The quantitative estimate of drug-likeness (QED) is 0.745. The van der Waals surface area contributed by atoms with Crippen LogP contribution >= 0.6 is 0 Å². The van der Waals surface area contributed by atoms with Gasteiger partial charge in [0.1, 0.15) is 6.10 Å². The number of furan rings is 1. The van der Waals surface area contributed by atoms with Gasteiger partial charge in [0.05, 0.1) is 37.8 Å². The smallest absolute Gasteiger partial charge is 0.334 e. The van der Waals surface area contributed by atoms with Crippen molar-refractivity contribution < 1.29 is 33.7 Å². The van der Waals surface area contributed by atoms with E-state index in [4.69, 9.17) is 13.9 Å². The second kappa shape index (κ2) is 6.46. The van der Waals surface area contributed by atoms with Crippen molar-refractivity contribution >= 4 is 11.9 Å². The molecule has 2 heterocycles. The lowest BCUT2D eigenvalue weighted by atomic mass is 9.44. The predicted octanol–water partition coefficient (Wildman–Crippen LogP) is 2.14. The molecule has 2 aliphatic carbocycles. The average Bonchev–Trinajstić information content (AvgIpc) is 3.19. The number of aliphatic hydroxyl groups is 2. The molecule has 0 aromatic carbocycles. The molecule has 3 aliphatic rings. The number of rotatable bonds is 2. The van der Waals surface area contributed by atoms with Crippen molar-refractivity contribution in [3.05, 3.63) is 35.8 Å². The number of aliphatic hydroxyl groups excluding tert-OH is 2. The highest BCUT2D eigenvalue weighted by Gasteiger charge is 2.65. The van der Waals surface area contributed by atoms with Gasteiger partial charge in [-0.05, 0) is 42.7 Å². The van der Waals surface area contributed by atoms with Crippen molar-refractivity contribution in [2.75, 3.05) is 7.11 Å². The number of hydrogen-bond acceptors (Lipinski definition) is 7. The molecule has 2 N–H and O–H groups in total. The van der Waals surface area contributed by atoms with Gasteiger partial charge in [0.2, 0.25) is 0 Å². The Labute approximate surface area is 163 Å². The lowest BCUT2D eigenvalue weighted by molar-refractivity contribution is -0.208. The van der Waals surface area contributed by atoms with Gasteiger partial charge < -0.3 is 24.1 Å². The van der Waals surface area contributed by atoms with Crippen LogP contribution < -0.4 is 0 Å². The molecule has 4 rings (SSSR count). The van der Waals surface area contributed by atoms with Crippen LogP contribution in [0.2, 0.25) is 0 Å². The Balaban J connectivity index is 1.80. The first-order chi connectivity index (χ1) is 13.2. The fourth-order valence-electron chi connectivity index (χ4n) is 5.82. The number of methoxy groups -OCH3 is 1. The van der Waals surface area contributed by atoms with E-state index in [1.165, 1.54) is 19.4 Å². The van der Waals surface area contributed by atoms with Crippen molar-refractivity contribution in [1.82, 2.24) is 0 Å². The van der Waals surface area contributed by atoms with E-state index in [1.54, 1.807) is 12.3 Å². The van der Waals surface area contributed by atoms with Gasteiger partial charge in [-0.3, -0.25) is 4.79 Å². The van der Waals surface area contributed by atoms with Crippen LogP contribution in [0.5, 0.6) is 0 Å². The molecule has 0 bridgehead atoms. The molecule has 2 fully saturated rings. The summed E-state index contributed by atoms with van der Waals surface area (Å²) in [6.07, 6.45) is 3.43. The first-order valence-electron chi connectivity index (χ1n) is 9.61. The van der Waals surface area contributed by atoms with Gasteiger partial charge in [-0.25, -0.2) is 4.79 Å². The normalized spacial score (nSPS) is 42.7. The van der Waals surface area contributed by atoms with Gasteiger partial charge in [-0.2, -0.15) is 0 Å². The maximum atomic E-state index is 12.9. The number of fused-ring (bicyclic) bond motifs is 3. The summed E-state index contributed by atoms with van der Waals surface area (Å²) in [6, 6.07) is 1.77. The Bertz CT molecular complexity index is 813. The molecule has 1 saturated heterocycles. The number of esters is 2. The fraction of sp³-hybridized carbons (Fsp3) is 0.619. The van der Waals surface area contributed by atoms with E-state index in [0.29, 0.717) is 12.8 Å². The minimum Gasteiger partial charge on any atom is -0.472 e. The fourth-order valence-corrected chi connectivity index (χ4v) is 5.82. The highest BCUT2D eigenvalue weighted by atomic mass is 16.5. The first-order valence-corrected chi connectivity index (χ1v) is 9.61. The van der Waals surface area contributed by atoms with E-state index < -0.39 is 41.0 Å². The maximum Gasteiger partial charge on any atom is 0.334 e. The van der Waals surface area contributed by atoms with Gasteiger partial charge in [0, 0.05) is 16.6 Å². The van der Waals surface area contributed by atoms with Gasteiger partial charge >= 0.3 is 11.9 Å². The van der Waals surface area contributed by atoms with Gasteiger partial charge in [0.25, 0.3) is 0 Å². The summed E-state index contributed by atoms with van der Waals surface area (Å²) in [6.45, 7) is 3.85. The molecule has 1 aromatic rings. The van der Waals surface area contributed by atoms with E-state index in [9.17, 15) is 19.8 Å². The van der Waals surface area contributed by atoms with Crippen LogP contribution in [0, 0.1) is 22.7 Å². The molecule has 1 saturated carbocycles. The number of hydrogen-bond donors (Lipinski definition) is 2. The predicted molar refractivity (Wildman–Crippen MR) is 96.7 cm³/mol. The molecule has 0 spiro atoms. The van der Waals surface area contributed by atoms with Crippen molar-refractivity contribution in [1.29, 1.82) is 0 Å². The molecule has 1 aromatic heterocycles. The Hall–Kier alpha value is -2.12. The summed E-state index contributed by atoms with van der Waals surface area (Å²) in [5.74, 6) is -1.72. The van der Waals surface area contributed by atoms with Crippen LogP contribution in [0.25, 0.3) is 0 Å². The van der Waals surface area contributed by atoms with Crippen LogP contribution in [0.1, 0.15) is 44.8 Å². The Morgan fingerprint density at radius 3 is 2.68 bits per heavy atom. The van der Waals surface area contributed by atoms with Crippen molar-refractivity contribution in [3.8, 4) is 0 Å². The Kier molecular flexibility index (Phi) is 4.43. The zero-order chi connectivity index (χ0) is 20.3. The zero-order valence-corrected chi connectivity index (χ0v) is 16.3. The largest absolute Gasteiger partial charge is 0.472 e. The van der Waals surface area contributed by atoms with Crippen LogP contribution in [0.4, 0.5) is 0 Å². The third kappa shape index (κ3) is 2.56. The van der Waals surface area contributed by atoms with E-state index in [2.05, 4.69) is 0 Å². The summed E-state index contributed by atoms with van der Waals surface area (Å²) >= 11 is 0. The molecule has 7 atom stereocenters. The summed E-state index contributed by atoms with van der Waals surface area (Å²) < 4.78 is 15.8. The minimum atomic E-state index is -0.925. The third-order valence-electron chi connectivity index (χ3n) is 7.37. The van der Waals surface area contributed by atoms with Gasteiger partial charge in [0.15, 0.2) is 0 Å². The second-order valence-electron chi connectivity index (χ2n) is 8.71. The monoisotopic (exact) mass is 390 g/mol. The molecule has 0 radical (unpaired) electrons. The third-order valence-corrected chi connectivity index (χ3v) is 7.37. The Morgan fingerprint density at radius 2 is 2.04 bits per heavy atom. The van der Waals surface area contributed by atoms with E-state index in [-0.39, 0.29) is 23.9 Å². The van der Waals surface area contributed by atoms with Crippen molar-refractivity contribution in [2.45, 2.75) is 51.4 Å². The highest BCUT2D eigenvalue weighted by molar-refractivity contribution is 5.90. The molecule has 1 aliphatic heterocycles. The highest BCUT2D eigenvalue weighted by Crippen LogP contribution is 2.64. The molecular weight excluding hydrogens is 364 g/mol. The number of carbonyl (C=O) groups is 2. The minimum absolute atomic E-state index is 0.199. The molecule has 7 heteroatoms. The summed E-state index contributed by atoms with van der Waals surface area (Å²) in [7, 11) is 1.29. The van der Waals surface area contributed by atoms with E-state index >= 15 is 0 Å². The van der Waals surface area contributed by atoms with Crippen LogP contribution in [-0.4, -0.2) is 41.5 Å². The topological polar surface area (TPSA) is 106 Å². The summed E-state index contributed by atoms with van der Waals surface area (Å²) in [4.78, 5) is 25.4. The van der Waals surface area contributed by atoms with Crippen LogP contribution in [0.3, 0.4) is 0 Å². The van der Waals surface area contributed by atoms with Gasteiger partial charge in [-0.1, -0.05) is 13.8 Å². The summed E-state index contributed by atoms with van der Waals surface area (Å²) in [5, 5.41) is 21.5. The van der Waals surface area contributed by atoms with Crippen molar-refractivity contribution in [3.63, 3.8) is 0 Å². The molecule has 152 valence electrons. The van der Waals surface area contributed by atoms with Gasteiger partial charge in [-0.15, -0.1) is 0 Å². The van der Waals surface area contributed by atoms with Crippen LogP contribution in [0.15, 0.2) is 34.7 Å². The number of ether oxygens (including phenoxy) is 2. The lowest BCUT2D eigenvalue weighted by Gasteiger charge is -2.61. The van der Waals surface area contributed by atoms with Crippen LogP contribution in [-0.2, 0) is 19.1 Å². The Morgan fingerprint density at radius 1 is 1.29 bits per heavy atom. The summed E-state index contributed by atoms with van der Waals surface area (Å²) in [5.41, 5.74) is -0.429. The number of carbonyl (C=O) groups excluding carboxylic acids is 2. The molecule has 7 nitrogen and oxygen atoms in total. The van der Waals surface area contributed by atoms with Crippen molar-refractivity contribution in [2.24, 2.45) is 22.7 Å². The lowest BCUT2D eigenvalue weighted by Crippen LogP contribution is -2.62. The molecule has 28 heavy (non-hydrogen) atoms. The maximum absolute atomic E-state index is 12.9.